The van der Waals surface area contributed by atoms with Gasteiger partial charge in [0.05, 0.1) is 14.2 Å². The topological polar surface area (TPSA) is 82.1 Å². The van der Waals surface area contributed by atoms with Gasteiger partial charge in [-0.25, -0.2) is 9.59 Å². The fraction of sp³-hybridized carbons (Fsp3) is 0.143. The monoisotopic (exact) mass is 278 g/mol. The lowest BCUT2D eigenvalue weighted by Gasteiger charge is -2.13. The molecule has 106 valence electrons. The normalized spacial score (nSPS) is 10.1. The maximum atomic E-state index is 11.3. The van der Waals surface area contributed by atoms with Crippen LogP contribution in [-0.4, -0.2) is 31.3 Å². The van der Waals surface area contributed by atoms with Crippen LogP contribution in [-0.2, 0) is 9.59 Å². The maximum absolute atomic E-state index is 11.3. The molecule has 1 aromatic carbocycles. The predicted molar refractivity (Wildman–Crippen MR) is 72.0 cm³/mol. The minimum Gasteiger partial charge on any atom is -0.493 e. The highest BCUT2D eigenvalue weighted by Gasteiger charge is 2.16. The van der Waals surface area contributed by atoms with E-state index in [2.05, 4.69) is 6.58 Å². The predicted octanol–water partition coefficient (Wildman–Crippen LogP) is 1.89. The van der Waals surface area contributed by atoms with Crippen LogP contribution in [0.15, 0.2) is 30.9 Å². The Bertz CT molecular complexity index is 534. The van der Waals surface area contributed by atoms with Crippen molar-refractivity contribution in [1.29, 1.82) is 0 Å². The lowest BCUT2D eigenvalue weighted by Crippen LogP contribution is -2.06. The van der Waals surface area contributed by atoms with E-state index in [1.807, 2.05) is 0 Å². The maximum Gasteiger partial charge on any atom is 0.335 e. The number of esters is 1. The Balaban J connectivity index is 3.27. The average Bonchev–Trinajstić information content (AvgIpc) is 2.45. The number of hydrogen-bond donors (Lipinski definition) is 1. The zero-order valence-corrected chi connectivity index (χ0v) is 11.1. The molecule has 1 N–H and O–H groups in total. The summed E-state index contributed by atoms with van der Waals surface area (Å²) in [5.41, 5.74) is 0.527. The highest BCUT2D eigenvalue weighted by molar-refractivity contribution is 5.86. The van der Waals surface area contributed by atoms with E-state index in [4.69, 9.17) is 19.3 Å². The van der Waals surface area contributed by atoms with Crippen molar-refractivity contribution in [2.75, 3.05) is 14.2 Å². The summed E-state index contributed by atoms with van der Waals surface area (Å²) >= 11 is 0. The molecule has 0 amide bonds. The van der Waals surface area contributed by atoms with E-state index in [9.17, 15) is 9.59 Å². The molecule has 0 saturated heterocycles. The Morgan fingerprint density at radius 2 is 1.75 bits per heavy atom. The molecule has 1 rings (SSSR count). The standard InChI is InChI=1S/C14H14O6/c1-4-13(17)20-14-10(18-2)7-9(5-6-12(15)16)8-11(14)19-3/h4-8H,1H2,2-3H3,(H,15,16). The van der Waals surface area contributed by atoms with Crippen molar-refractivity contribution >= 4 is 18.0 Å². The molecule has 0 radical (unpaired) electrons. The van der Waals surface area contributed by atoms with Crippen molar-refractivity contribution in [2.24, 2.45) is 0 Å². The number of carboxylic acid groups (broad SMARTS) is 1. The molecule has 1 aromatic rings. The number of ether oxygens (including phenoxy) is 3. The zero-order chi connectivity index (χ0) is 15.1. The van der Waals surface area contributed by atoms with E-state index in [0.29, 0.717) is 5.56 Å². The summed E-state index contributed by atoms with van der Waals surface area (Å²) in [6.45, 7) is 3.30. The third-order valence-electron chi connectivity index (χ3n) is 2.27. The number of carboxylic acids is 1. The largest absolute Gasteiger partial charge is 0.493 e. The van der Waals surface area contributed by atoms with Crippen molar-refractivity contribution in [3.05, 3.63) is 36.4 Å². The van der Waals surface area contributed by atoms with E-state index < -0.39 is 11.9 Å². The molecule has 20 heavy (non-hydrogen) atoms. The molecule has 0 saturated carbocycles. The van der Waals surface area contributed by atoms with Gasteiger partial charge in [0.1, 0.15) is 0 Å². The fourth-order valence-corrected chi connectivity index (χ4v) is 1.41. The number of carbonyl (C=O) groups is 2. The van der Waals surface area contributed by atoms with Gasteiger partial charge in [0.2, 0.25) is 5.75 Å². The zero-order valence-electron chi connectivity index (χ0n) is 11.1. The van der Waals surface area contributed by atoms with E-state index in [1.54, 1.807) is 0 Å². The highest BCUT2D eigenvalue weighted by Crippen LogP contribution is 2.39. The molecule has 0 bridgehead atoms. The molecule has 0 atom stereocenters. The van der Waals surface area contributed by atoms with Gasteiger partial charge in [0.15, 0.2) is 11.5 Å². The van der Waals surface area contributed by atoms with Gasteiger partial charge in [0.25, 0.3) is 0 Å². The van der Waals surface area contributed by atoms with E-state index >= 15 is 0 Å². The molecular weight excluding hydrogens is 264 g/mol. The Kier molecular flexibility index (Phi) is 5.34. The van der Waals surface area contributed by atoms with Gasteiger partial charge in [-0.2, -0.15) is 0 Å². The van der Waals surface area contributed by atoms with Crippen LogP contribution in [0.3, 0.4) is 0 Å². The molecule has 0 spiro atoms. The van der Waals surface area contributed by atoms with Crippen LogP contribution in [0.5, 0.6) is 17.2 Å². The molecule has 0 fully saturated rings. The first-order chi connectivity index (χ1) is 9.51. The minimum absolute atomic E-state index is 0.104. The molecule has 0 aromatic heterocycles. The van der Waals surface area contributed by atoms with Crippen LogP contribution in [0.2, 0.25) is 0 Å². The highest BCUT2D eigenvalue weighted by atomic mass is 16.6. The van der Waals surface area contributed by atoms with Crippen molar-refractivity contribution < 1.29 is 28.9 Å². The van der Waals surface area contributed by atoms with E-state index in [1.165, 1.54) is 32.4 Å². The number of aliphatic carboxylic acids is 1. The van der Waals surface area contributed by atoms with E-state index in [-0.39, 0.29) is 17.2 Å². The average molecular weight is 278 g/mol. The Morgan fingerprint density at radius 1 is 1.20 bits per heavy atom. The number of benzene rings is 1. The third-order valence-corrected chi connectivity index (χ3v) is 2.27. The molecule has 6 nitrogen and oxygen atoms in total. The Labute approximate surface area is 115 Å². The first kappa shape index (κ1) is 15.3. The summed E-state index contributed by atoms with van der Waals surface area (Å²) in [4.78, 5) is 21.8. The summed E-state index contributed by atoms with van der Waals surface area (Å²) in [6, 6.07) is 3.04. The van der Waals surface area contributed by atoms with Crippen LogP contribution in [0.25, 0.3) is 6.08 Å². The first-order valence-corrected chi connectivity index (χ1v) is 5.53. The van der Waals surface area contributed by atoms with Crippen LogP contribution >= 0.6 is 0 Å². The number of methoxy groups -OCH3 is 2. The van der Waals surface area contributed by atoms with Crippen molar-refractivity contribution in [3.8, 4) is 17.2 Å². The fourth-order valence-electron chi connectivity index (χ4n) is 1.41. The summed E-state index contributed by atoms with van der Waals surface area (Å²) in [5, 5.41) is 8.60. The van der Waals surface area contributed by atoms with Crippen LogP contribution in [0, 0.1) is 0 Å². The van der Waals surface area contributed by atoms with E-state index in [0.717, 1.165) is 12.2 Å². The van der Waals surface area contributed by atoms with Crippen LogP contribution in [0.1, 0.15) is 5.56 Å². The SMILES string of the molecule is C=CC(=O)Oc1c(OC)cc(C=CC(=O)O)cc1OC. The van der Waals surface area contributed by atoms with Gasteiger partial charge < -0.3 is 19.3 Å². The summed E-state index contributed by atoms with van der Waals surface area (Å²) in [7, 11) is 2.79. The van der Waals surface area contributed by atoms with Crippen molar-refractivity contribution in [2.45, 2.75) is 0 Å². The number of hydrogen-bond acceptors (Lipinski definition) is 5. The van der Waals surface area contributed by atoms with Gasteiger partial charge in [-0.05, 0) is 23.8 Å². The summed E-state index contributed by atoms with van der Waals surface area (Å²) < 4.78 is 15.3. The van der Waals surface area contributed by atoms with Gasteiger partial charge in [-0.3, -0.25) is 0 Å². The lowest BCUT2D eigenvalue weighted by molar-refractivity contribution is -0.131. The second-order valence-electron chi connectivity index (χ2n) is 3.55. The molecule has 0 aliphatic rings. The quantitative estimate of drug-likeness (QED) is 0.486. The second kappa shape index (κ2) is 6.98. The third kappa shape index (κ3) is 3.88. The van der Waals surface area contributed by atoms with Crippen LogP contribution < -0.4 is 14.2 Å². The molecule has 0 unspecified atom stereocenters. The van der Waals surface area contributed by atoms with Gasteiger partial charge in [-0.15, -0.1) is 0 Å². The summed E-state index contributed by atoms with van der Waals surface area (Å²) in [5.74, 6) is -1.15. The van der Waals surface area contributed by atoms with Crippen LogP contribution in [0.4, 0.5) is 0 Å². The Hall–Kier alpha value is -2.76. The lowest BCUT2D eigenvalue weighted by atomic mass is 10.1. The molecule has 0 heterocycles. The number of carbonyl (C=O) groups excluding carboxylic acids is 1. The Morgan fingerprint density at radius 3 is 2.15 bits per heavy atom. The minimum atomic E-state index is -1.08. The first-order valence-electron chi connectivity index (χ1n) is 5.53. The van der Waals surface area contributed by atoms with Gasteiger partial charge >= 0.3 is 11.9 Å². The van der Waals surface area contributed by atoms with Gasteiger partial charge in [0, 0.05) is 12.2 Å². The number of rotatable bonds is 6. The molecular formula is C14H14O6. The second-order valence-corrected chi connectivity index (χ2v) is 3.55. The van der Waals surface area contributed by atoms with Gasteiger partial charge in [-0.1, -0.05) is 6.58 Å². The summed E-state index contributed by atoms with van der Waals surface area (Å²) in [6.07, 6.45) is 3.35. The smallest absolute Gasteiger partial charge is 0.335 e. The molecule has 0 aliphatic heterocycles. The van der Waals surface area contributed by atoms with Crippen molar-refractivity contribution in [1.82, 2.24) is 0 Å². The molecule has 6 heteroatoms. The van der Waals surface area contributed by atoms with Crippen molar-refractivity contribution in [3.63, 3.8) is 0 Å². The molecule has 0 aliphatic carbocycles.